The molecule has 0 aliphatic heterocycles. The van der Waals surface area contributed by atoms with Crippen LogP contribution in [0.3, 0.4) is 0 Å². The van der Waals surface area contributed by atoms with E-state index in [1.54, 1.807) is 12.1 Å². The third-order valence-corrected chi connectivity index (χ3v) is 3.95. The van der Waals surface area contributed by atoms with Crippen LogP contribution < -0.4 is 10.1 Å². The van der Waals surface area contributed by atoms with Crippen molar-refractivity contribution in [3.8, 4) is 5.75 Å². The van der Waals surface area contributed by atoms with E-state index in [9.17, 15) is 4.39 Å². The van der Waals surface area contributed by atoms with Crippen LogP contribution in [0, 0.1) is 11.2 Å². The Morgan fingerprint density at radius 3 is 2.55 bits per heavy atom. The van der Waals surface area contributed by atoms with Crippen molar-refractivity contribution in [2.75, 3.05) is 27.7 Å². The summed E-state index contributed by atoms with van der Waals surface area (Å²) < 4.78 is 18.6. The number of methoxy groups -OCH3 is 1. The Bertz CT molecular complexity index is 434. The molecular weight excluding hydrogens is 255 g/mol. The molecule has 0 bridgehead atoms. The largest absolute Gasteiger partial charge is 0.494 e. The van der Waals surface area contributed by atoms with Gasteiger partial charge in [0.25, 0.3) is 0 Å². The topological polar surface area (TPSA) is 24.5 Å². The molecule has 1 atom stereocenters. The summed E-state index contributed by atoms with van der Waals surface area (Å²) in [6.07, 6.45) is 0. The lowest BCUT2D eigenvalue weighted by atomic mass is 9.85. The molecule has 1 unspecified atom stereocenters. The van der Waals surface area contributed by atoms with Gasteiger partial charge in [-0.15, -0.1) is 0 Å². The van der Waals surface area contributed by atoms with Crippen molar-refractivity contribution in [3.05, 3.63) is 29.6 Å². The highest BCUT2D eigenvalue weighted by Crippen LogP contribution is 2.23. The number of rotatable bonds is 7. The second kappa shape index (κ2) is 7.04. The number of halogens is 1. The van der Waals surface area contributed by atoms with E-state index in [-0.39, 0.29) is 11.2 Å². The molecule has 1 aromatic carbocycles. The van der Waals surface area contributed by atoms with Gasteiger partial charge in [-0.1, -0.05) is 19.9 Å². The molecule has 20 heavy (non-hydrogen) atoms. The minimum atomic E-state index is -0.304. The van der Waals surface area contributed by atoms with Gasteiger partial charge in [-0.25, -0.2) is 4.39 Å². The van der Waals surface area contributed by atoms with Crippen molar-refractivity contribution >= 4 is 0 Å². The van der Waals surface area contributed by atoms with Crippen molar-refractivity contribution in [1.29, 1.82) is 0 Å². The molecule has 4 heteroatoms. The molecule has 114 valence electrons. The Labute approximate surface area is 122 Å². The Balaban J connectivity index is 2.67. The lowest BCUT2D eigenvalue weighted by molar-refractivity contribution is 0.164. The van der Waals surface area contributed by atoms with Crippen LogP contribution in [0.2, 0.25) is 0 Å². The van der Waals surface area contributed by atoms with Crippen molar-refractivity contribution in [3.63, 3.8) is 0 Å². The fourth-order valence-corrected chi connectivity index (χ4v) is 2.40. The Hall–Kier alpha value is -1.13. The van der Waals surface area contributed by atoms with Crippen LogP contribution >= 0.6 is 0 Å². The Morgan fingerprint density at radius 2 is 2.05 bits per heavy atom. The SMILES string of the molecule is CNC(C)C(C)(C)CN(C)Cc1ccc(OC)c(F)c1. The standard InChI is InChI=1S/C16H27FN2O/c1-12(18-4)16(2,3)11-19(5)10-13-7-8-15(20-6)14(17)9-13/h7-9,12,18H,10-11H2,1-6H3. The van der Waals surface area contributed by atoms with Gasteiger partial charge in [-0.3, -0.25) is 0 Å². The van der Waals surface area contributed by atoms with Gasteiger partial charge in [0.1, 0.15) is 0 Å². The van der Waals surface area contributed by atoms with Crippen LogP contribution in [0.5, 0.6) is 5.75 Å². The number of hydrogen-bond acceptors (Lipinski definition) is 3. The quantitative estimate of drug-likeness (QED) is 0.832. The van der Waals surface area contributed by atoms with Crippen LogP contribution in [0.25, 0.3) is 0 Å². The number of ether oxygens (including phenoxy) is 1. The molecule has 1 rings (SSSR count). The summed E-state index contributed by atoms with van der Waals surface area (Å²) in [5.74, 6) is -0.0122. The van der Waals surface area contributed by atoms with Gasteiger partial charge in [0.2, 0.25) is 0 Å². The van der Waals surface area contributed by atoms with E-state index < -0.39 is 0 Å². The van der Waals surface area contributed by atoms with E-state index in [2.05, 4.69) is 38.0 Å². The lowest BCUT2D eigenvalue weighted by Crippen LogP contribution is -2.44. The summed E-state index contributed by atoms with van der Waals surface area (Å²) in [5, 5.41) is 3.30. The van der Waals surface area contributed by atoms with Gasteiger partial charge in [-0.2, -0.15) is 0 Å². The third kappa shape index (κ3) is 4.46. The summed E-state index contributed by atoms with van der Waals surface area (Å²) in [6.45, 7) is 8.31. The van der Waals surface area contributed by atoms with Crippen LogP contribution in [-0.2, 0) is 6.54 Å². The first-order valence-corrected chi connectivity index (χ1v) is 6.98. The fraction of sp³-hybridized carbons (Fsp3) is 0.625. The predicted octanol–water partition coefficient (Wildman–Crippen LogP) is 2.90. The molecule has 0 aromatic heterocycles. The highest BCUT2D eigenvalue weighted by Gasteiger charge is 2.26. The van der Waals surface area contributed by atoms with Crippen molar-refractivity contribution in [1.82, 2.24) is 10.2 Å². The molecule has 3 nitrogen and oxygen atoms in total. The molecule has 0 saturated heterocycles. The molecule has 0 aliphatic rings. The average Bonchev–Trinajstić information content (AvgIpc) is 2.37. The molecule has 0 spiro atoms. The van der Waals surface area contributed by atoms with Crippen LogP contribution in [0.4, 0.5) is 4.39 Å². The van der Waals surface area contributed by atoms with E-state index >= 15 is 0 Å². The van der Waals surface area contributed by atoms with Gasteiger partial charge in [0.05, 0.1) is 7.11 Å². The van der Waals surface area contributed by atoms with Gasteiger partial charge in [0.15, 0.2) is 11.6 Å². The first-order valence-electron chi connectivity index (χ1n) is 6.98. The molecule has 0 amide bonds. The molecular formula is C16H27FN2O. The number of benzene rings is 1. The maximum Gasteiger partial charge on any atom is 0.165 e. The lowest BCUT2D eigenvalue weighted by Gasteiger charge is -2.35. The second-order valence-corrected chi connectivity index (χ2v) is 6.14. The second-order valence-electron chi connectivity index (χ2n) is 6.14. The summed E-state index contributed by atoms with van der Waals surface area (Å²) in [7, 11) is 5.52. The number of nitrogens with one attached hydrogen (secondary N) is 1. The van der Waals surface area contributed by atoms with Gasteiger partial charge >= 0.3 is 0 Å². The maximum atomic E-state index is 13.7. The van der Waals surface area contributed by atoms with E-state index in [1.165, 1.54) is 7.11 Å². The smallest absolute Gasteiger partial charge is 0.165 e. The average molecular weight is 282 g/mol. The van der Waals surface area contributed by atoms with Crippen molar-refractivity contribution in [2.45, 2.75) is 33.4 Å². The molecule has 0 radical (unpaired) electrons. The van der Waals surface area contributed by atoms with Crippen molar-refractivity contribution in [2.24, 2.45) is 5.41 Å². The van der Waals surface area contributed by atoms with Gasteiger partial charge < -0.3 is 15.0 Å². The van der Waals surface area contributed by atoms with Gasteiger partial charge in [-0.05, 0) is 44.1 Å². The van der Waals surface area contributed by atoms with E-state index in [0.717, 1.165) is 18.7 Å². The van der Waals surface area contributed by atoms with Crippen LogP contribution in [0.15, 0.2) is 18.2 Å². The zero-order valence-corrected chi connectivity index (χ0v) is 13.5. The Kier molecular flexibility index (Phi) is 5.96. The Morgan fingerprint density at radius 1 is 1.40 bits per heavy atom. The van der Waals surface area contributed by atoms with Crippen LogP contribution in [-0.4, -0.2) is 38.7 Å². The molecule has 0 aliphatic carbocycles. The fourth-order valence-electron chi connectivity index (χ4n) is 2.40. The van der Waals surface area contributed by atoms with Crippen molar-refractivity contribution < 1.29 is 9.13 Å². The highest BCUT2D eigenvalue weighted by atomic mass is 19.1. The summed E-state index contributed by atoms with van der Waals surface area (Å²) in [4.78, 5) is 2.22. The monoisotopic (exact) mass is 282 g/mol. The number of nitrogens with zero attached hydrogens (tertiary/aromatic N) is 1. The first-order chi connectivity index (χ1) is 9.30. The molecule has 0 fully saturated rings. The number of hydrogen-bond donors (Lipinski definition) is 1. The molecule has 1 N–H and O–H groups in total. The van der Waals surface area contributed by atoms with E-state index in [4.69, 9.17) is 4.74 Å². The summed E-state index contributed by atoms with van der Waals surface area (Å²) >= 11 is 0. The highest BCUT2D eigenvalue weighted by molar-refractivity contribution is 5.29. The molecule has 1 aromatic rings. The minimum Gasteiger partial charge on any atom is -0.494 e. The van der Waals surface area contributed by atoms with Crippen LogP contribution in [0.1, 0.15) is 26.3 Å². The summed E-state index contributed by atoms with van der Waals surface area (Å²) in [6, 6.07) is 5.55. The van der Waals surface area contributed by atoms with E-state index in [0.29, 0.717) is 11.8 Å². The molecule has 0 saturated carbocycles. The predicted molar refractivity (Wildman–Crippen MR) is 81.6 cm³/mol. The maximum absolute atomic E-state index is 13.7. The normalized spacial score (nSPS) is 13.6. The zero-order valence-electron chi connectivity index (χ0n) is 13.5. The minimum absolute atomic E-state index is 0.147. The van der Waals surface area contributed by atoms with E-state index in [1.807, 2.05) is 13.1 Å². The third-order valence-electron chi connectivity index (χ3n) is 3.95. The molecule has 0 heterocycles. The van der Waals surface area contributed by atoms with Gasteiger partial charge in [0, 0.05) is 19.1 Å². The summed E-state index contributed by atoms with van der Waals surface area (Å²) in [5.41, 5.74) is 1.10. The first kappa shape index (κ1) is 16.9. The zero-order chi connectivity index (χ0) is 15.3.